The largest absolute Gasteiger partial charge is 0.395 e. The fourth-order valence-corrected chi connectivity index (χ4v) is 2.14. The summed E-state index contributed by atoms with van der Waals surface area (Å²) in [6.07, 6.45) is 0. The Kier molecular flexibility index (Phi) is 4.12. The van der Waals surface area contributed by atoms with E-state index in [1.165, 1.54) is 12.1 Å². The standard InChI is InChI=1S/C15H16FNO2/c1-2-17(9-10-18)15(19)13-7-8-14(16)12-6-4-3-5-11(12)13/h3-8,18H,2,9-10H2,1H3. The molecule has 0 heterocycles. The highest BCUT2D eigenvalue weighted by molar-refractivity contribution is 6.07. The first-order valence-corrected chi connectivity index (χ1v) is 6.26. The molecule has 0 unspecified atom stereocenters. The van der Waals surface area contributed by atoms with Gasteiger partial charge in [0.15, 0.2) is 0 Å². The molecule has 100 valence electrons. The number of hydrogen-bond acceptors (Lipinski definition) is 2. The van der Waals surface area contributed by atoms with Crippen molar-refractivity contribution >= 4 is 16.7 Å². The van der Waals surface area contributed by atoms with Crippen LogP contribution in [0, 0.1) is 5.82 Å². The van der Waals surface area contributed by atoms with E-state index in [1.807, 2.05) is 6.92 Å². The molecule has 0 aliphatic rings. The molecule has 0 aliphatic carbocycles. The van der Waals surface area contributed by atoms with Crippen molar-refractivity contribution in [2.75, 3.05) is 19.7 Å². The van der Waals surface area contributed by atoms with Crippen molar-refractivity contribution in [2.45, 2.75) is 6.92 Å². The number of benzene rings is 2. The van der Waals surface area contributed by atoms with Gasteiger partial charge in [-0.3, -0.25) is 4.79 Å². The zero-order valence-electron chi connectivity index (χ0n) is 10.8. The molecule has 1 amide bonds. The topological polar surface area (TPSA) is 40.5 Å². The number of likely N-dealkylation sites (N-methyl/N-ethyl adjacent to an activating group) is 1. The third-order valence-corrected chi connectivity index (χ3v) is 3.14. The maximum absolute atomic E-state index is 13.7. The molecule has 4 heteroatoms. The van der Waals surface area contributed by atoms with Crippen LogP contribution in [0.2, 0.25) is 0 Å². The van der Waals surface area contributed by atoms with Gasteiger partial charge < -0.3 is 10.0 Å². The minimum Gasteiger partial charge on any atom is -0.395 e. The van der Waals surface area contributed by atoms with Crippen LogP contribution in [0.1, 0.15) is 17.3 Å². The van der Waals surface area contributed by atoms with E-state index >= 15 is 0 Å². The van der Waals surface area contributed by atoms with Crippen molar-refractivity contribution in [1.29, 1.82) is 0 Å². The first-order valence-electron chi connectivity index (χ1n) is 6.26. The molecule has 0 spiro atoms. The number of amides is 1. The molecule has 0 radical (unpaired) electrons. The molecule has 0 bridgehead atoms. The molecule has 0 aromatic heterocycles. The average Bonchev–Trinajstić information content (AvgIpc) is 2.45. The van der Waals surface area contributed by atoms with Gasteiger partial charge in [-0.1, -0.05) is 24.3 Å². The number of carbonyl (C=O) groups excluding carboxylic acids is 1. The third-order valence-electron chi connectivity index (χ3n) is 3.14. The van der Waals surface area contributed by atoms with E-state index in [0.717, 1.165) is 0 Å². The number of nitrogens with zero attached hydrogens (tertiary/aromatic N) is 1. The predicted octanol–water partition coefficient (Wildman–Crippen LogP) is 2.43. The Morgan fingerprint density at radius 2 is 1.89 bits per heavy atom. The first kappa shape index (κ1) is 13.5. The summed E-state index contributed by atoms with van der Waals surface area (Å²) >= 11 is 0. The summed E-state index contributed by atoms with van der Waals surface area (Å²) in [6, 6.07) is 9.72. The normalized spacial score (nSPS) is 10.7. The molecule has 19 heavy (non-hydrogen) atoms. The zero-order valence-corrected chi connectivity index (χ0v) is 10.8. The number of halogens is 1. The van der Waals surface area contributed by atoms with Gasteiger partial charge in [0.2, 0.25) is 0 Å². The molecular formula is C15H16FNO2. The van der Waals surface area contributed by atoms with Crippen LogP contribution in [-0.4, -0.2) is 35.6 Å². The van der Waals surface area contributed by atoms with Crippen LogP contribution in [0.5, 0.6) is 0 Å². The van der Waals surface area contributed by atoms with Gasteiger partial charge in [0.25, 0.3) is 5.91 Å². The Morgan fingerprint density at radius 1 is 1.21 bits per heavy atom. The highest BCUT2D eigenvalue weighted by atomic mass is 19.1. The van der Waals surface area contributed by atoms with E-state index in [9.17, 15) is 9.18 Å². The molecular weight excluding hydrogens is 245 g/mol. The SMILES string of the molecule is CCN(CCO)C(=O)c1ccc(F)c2ccccc12. The second-order valence-corrected chi connectivity index (χ2v) is 4.25. The minimum atomic E-state index is -0.336. The van der Waals surface area contributed by atoms with E-state index in [0.29, 0.717) is 22.9 Å². The Morgan fingerprint density at radius 3 is 2.53 bits per heavy atom. The van der Waals surface area contributed by atoms with Gasteiger partial charge in [0.1, 0.15) is 5.82 Å². The van der Waals surface area contributed by atoms with Crippen LogP contribution in [-0.2, 0) is 0 Å². The fourth-order valence-electron chi connectivity index (χ4n) is 2.14. The van der Waals surface area contributed by atoms with Gasteiger partial charge in [-0.05, 0) is 24.4 Å². The lowest BCUT2D eigenvalue weighted by Crippen LogP contribution is -2.33. The van der Waals surface area contributed by atoms with Gasteiger partial charge in [0, 0.05) is 24.0 Å². The van der Waals surface area contributed by atoms with Crippen molar-refractivity contribution < 1.29 is 14.3 Å². The summed E-state index contributed by atoms with van der Waals surface area (Å²) in [4.78, 5) is 13.9. The molecule has 0 fully saturated rings. The van der Waals surface area contributed by atoms with Crippen molar-refractivity contribution in [3.63, 3.8) is 0 Å². The second kappa shape index (κ2) is 5.80. The van der Waals surface area contributed by atoms with E-state index in [-0.39, 0.29) is 24.9 Å². The molecule has 2 aromatic carbocycles. The van der Waals surface area contributed by atoms with Crippen LogP contribution in [0.25, 0.3) is 10.8 Å². The second-order valence-electron chi connectivity index (χ2n) is 4.25. The highest BCUT2D eigenvalue weighted by Gasteiger charge is 2.17. The number of carbonyl (C=O) groups is 1. The average molecular weight is 261 g/mol. The maximum Gasteiger partial charge on any atom is 0.254 e. The third kappa shape index (κ3) is 2.58. The summed E-state index contributed by atoms with van der Waals surface area (Å²) in [5.41, 5.74) is 0.465. The first-order chi connectivity index (χ1) is 9.19. The van der Waals surface area contributed by atoms with Gasteiger partial charge >= 0.3 is 0 Å². The van der Waals surface area contributed by atoms with Crippen LogP contribution >= 0.6 is 0 Å². The number of hydrogen-bond donors (Lipinski definition) is 1. The molecule has 0 aliphatic heterocycles. The lowest BCUT2D eigenvalue weighted by Gasteiger charge is -2.20. The van der Waals surface area contributed by atoms with E-state index in [1.54, 1.807) is 29.2 Å². The van der Waals surface area contributed by atoms with Crippen LogP contribution < -0.4 is 0 Å². The van der Waals surface area contributed by atoms with Crippen LogP contribution in [0.4, 0.5) is 4.39 Å². The summed E-state index contributed by atoms with van der Waals surface area (Å²) in [6.45, 7) is 2.55. The molecule has 2 aromatic rings. The quantitative estimate of drug-likeness (QED) is 0.918. The molecule has 3 nitrogen and oxygen atoms in total. The smallest absolute Gasteiger partial charge is 0.254 e. The van der Waals surface area contributed by atoms with Crippen molar-refractivity contribution in [2.24, 2.45) is 0 Å². The van der Waals surface area contributed by atoms with Crippen molar-refractivity contribution in [3.05, 3.63) is 47.8 Å². The number of aliphatic hydroxyl groups is 1. The van der Waals surface area contributed by atoms with Gasteiger partial charge in [-0.2, -0.15) is 0 Å². The van der Waals surface area contributed by atoms with E-state index < -0.39 is 0 Å². The summed E-state index contributed by atoms with van der Waals surface area (Å²) in [7, 11) is 0. The zero-order chi connectivity index (χ0) is 13.8. The Hall–Kier alpha value is -1.94. The number of fused-ring (bicyclic) bond motifs is 1. The summed E-state index contributed by atoms with van der Waals surface area (Å²) in [5, 5.41) is 10.0. The number of aliphatic hydroxyl groups excluding tert-OH is 1. The minimum absolute atomic E-state index is 0.0846. The summed E-state index contributed by atoms with van der Waals surface area (Å²) in [5.74, 6) is -0.523. The Bertz CT molecular complexity index is 598. The van der Waals surface area contributed by atoms with Gasteiger partial charge in [-0.15, -0.1) is 0 Å². The summed E-state index contributed by atoms with van der Waals surface area (Å²) < 4.78 is 13.7. The Balaban J connectivity index is 2.51. The van der Waals surface area contributed by atoms with Crippen molar-refractivity contribution in [3.8, 4) is 0 Å². The number of rotatable bonds is 4. The monoisotopic (exact) mass is 261 g/mol. The molecule has 0 saturated heterocycles. The van der Waals surface area contributed by atoms with Crippen LogP contribution in [0.3, 0.4) is 0 Å². The van der Waals surface area contributed by atoms with Crippen molar-refractivity contribution in [1.82, 2.24) is 4.90 Å². The van der Waals surface area contributed by atoms with Gasteiger partial charge in [-0.25, -0.2) is 4.39 Å². The molecule has 1 N–H and O–H groups in total. The molecule has 2 rings (SSSR count). The molecule has 0 atom stereocenters. The maximum atomic E-state index is 13.7. The molecule has 0 saturated carbocycles. The van der Waals surface area contributed by atoms with E-state index in [2.05, 4.69) is 0 Å². The predicted molar refractivity (Wildman–Crippen MR) is 72.6 cm³/mol. The lowest BCUT2D eigenvalue weighted by atomic mass is 10.0. The van der Waals surface area contributed by atoms with Crippen LogP contribution in [0.15, 0.2) is 36.4 Å². The fraction of sp³-hybridized carbons (Fsp3) is 0.267. The Labute approximate surface area is 111 Å². The van der Waals surface area contributed by atoms with Gasteiger partial charge in [0.05, 0.1) is 6.61 Å². The highest BCUT2D eigenvalue weighted by Crippen LogP contribution is 2.22. The van der Waals surface area contributed by atoms with E-state index in [4.69, 9.17) is 5.11 Å². The lowest BCUT2D eigenvalue weighted by molar-refractivity contribution is 0.0734.